The van der Waals surface area contributed by atoms with Crippen LogP contribution in [0.1, 0.15) is 33.6 Å². The summed E-state index contributed by atoms with van der Waals surface area (Å²) in [7, 11) is 0. The number of ketones is 1. The zero-order valence-corrected chi connectivity index (χ0v) is 13.1. The van der Waals surface area contributed by atoms with E-state index in [1.807, 2.05) is 6.20 Å². The van der Waals surface area contributed by atoms with Crippen molar-refractivity contribution in [1.29, 1.82) is 0 Å². The molecule has 1 aromatic carbocycles. The van der Waals surface area contributed by atoms with Gasteiger partial charge in [0.2, 0.25) is 0 Å². The lowest BCUT2D eigenvalue weighted by Gasteiger charge is -2.31. The van der Waals surface area contributed by atoms with Crippen molar-refractivity contribution in [3.63, 3.8) is 0 Å². The van der Waals surface area contributed by atoms with Crippen LogP contribution >= 0.6 is 0 Å². The molecule has 118 valence electrons. The van der Waals surface area contributed by atoms with Crippen molar-refractivity contribution >= 4 is 17.2 Å². The number of carbonyl (C=O) groups excluding carboxylic acids is 1. The van der Waals surface area contributed by atoms with Gasteiger partial charge in [0.25, 0.3) is 0 Å². The zero-order valence-electron chi connectivity index (χ0n) is 13.1. The second kappa shape index (κ2) is 4.91. The molecule has 3 N–H and O–H groups in total. The summed E-state index contributed by atoms with van der Waals surface area (Å²) >= 11 is 0. The van der Waals surface area contributed by atoms with Gasteiger partial charge in [-0.1, -0.05) is 20.8 Å². The second-order valence-corrected chi connectivity index (χ2v) is 7.10. The Morgan fingerprint density at radius 3 is 2.45 bits per heavy atom. The number of hydrogen-bond acceptors (Lipinski definition) is 4. The second-order valence-electron chi connectivity index (χ2n) is 7.10. The Hall–Kier alpha value is -1.69. The summed E-state index contributed by atoms with van der Waals surface area (Å²) in [6, 6.07) is 6.53. The molecule has 1 unspecified atom stereocenters. The molecule has 3 atom stereocenters. The number of allylic oxidation sites excluding steroid dienone is 1. The zero-order chi connectivity index (χ0) is 16.1. The van der Waals surface area contributed by atoms with Crippen molar-refractivity contribution in [3.05, 3.63) is 41.2 Å². The molecule has 2 aliphatic carbocycles. The van der Waals surface area contributed by atoms with Gasteiger partial charge in [-0.2, -0.15) is 5.23 Å². The van der Waals surface area contributed by atoms with Crippen molar-refractivity contribution in [2.24, 2.45) is 16.7 Å². The van der Waals surface area contributed by atoms with E-state index in [0.717, 1.165) is 24.1 Å². The molecular formula is C17H22N2O3. The molecule has 0 aliphatic heterocycles. The molecule has 2 fully saturated rings. The lowest BCUT2D eigenvalue weighted by atomic mass is 9.70. The molecule has 1 aromatic rings. The molecule has 2 saturated carbocycles. The van der Waals surface area contributed by atoms with Crippen LogP contribution in [0.25, 0.3) is 0 Å². The molecule has 3 rings (SSSR count). The van der Waals surface area contributed by atoms with Crippen LogP contribution in [0.2, 0.25) is 0 Å². The molecule has 0 radical (unpaired) electrons. The predicted molar refractivity (Wildman–Crippen MR) is 83.5 cm³/mol. The van der Waals surface area contributed by atoms with Gasteiger partial charge < -0.3 is 10.5 Å². The van der Waals surface area contributed by atoms with E-state index in [0.29, 0.717) is 5.92 Å². The van der Waals surface area contributed by atoms with Gasteiger partial charge in [-0.3, -0.25) is 4.79 Å². The average Bonchev–Trinajstić information content (AvgIpc) is 2.78. The molecule has 5 nitrogen and oxygen atoms in total. The van der Waals surface area contributed by atoms with Crippen LogP contribution in [0, 0.1) is 22.0 Å². The van der Waals surface area contributed by atoms with E-state index >= 15 is 0 Å². The normalized spacial score (nSPS) is 32.5. The molecule has 2 bridgehead atoms. The lowest BCUT2D eigenvalue weighted by molar-refractivity contribution is -0.991. The number of nitrogens with one attached hydrogen (secondary N) is 2. The number of anilines is 1. The van der Waals surface area contributed by atoms with Crippen molar-refractivity contribution < 1.29 is 15.2 Å². The summed E-state index contributed by atoms with van der Waals surface area (Å²) in [4.78, 5) is 12.7. The highest BCUT2D eigenvalue weighted by atomic mass is 16.8. The highest BCUT2D eigenvalue weighted by molar-refractivity contribution is 6.04. The molecule has 0 aromatic heterocycles. The van der Waals surface area contributed by atoms with Crippen LogP contribution in [-0.4, -0.2) is 11.0 Å². The smallest absolute Gasteiger partial charge is 0.167 e. The fourth-order valence-electron chi connectivity index (χ4n) is 3.96. The monoisotopic (exact) mass is 302 g/mol. The van der Waals surface area contributed by atoms with Gasteiger partial charge in [0, 0.05) is 35.0 Å². The number of quaternary nitrogens is 1. The number of hydrogen-bond donors (Lipinski definition) is 3. The Morgan fingerprint density at radius 1 is 1.32 bits per heavy atom. The van der Waals surface area contributed by atoms with E-state index < -0.39 is 5.23 Å². The summed E-state index contributed by atoms with van der Waals surface area (Å²) < 4.78 is 0. The van der Waals surface area contributed by atoms with Crippen molar-refractivity contribution in [2.45, 2.75) is 33.6 Å². The topological polar surface area (TPSA) is 76.8 Å². The van der Waals surface area contributed by atoms with Crippen molar-refractivity contribution in [3.8, 4) is 0 Å². The summed E-state index contributed by atoms with van der Waals surface area (Å²) in [6.07, 6.45) is 3.84. The molecule has 0 spiro atoms. The molecule has 2 aliphatic rings. The van der Waals surface area contributed by atoms with Gasteiger partial charge >= 0.3 is 0 Å². The Bertz CT molecular complexity index is 634. The van der Waals surface area contributed by atoms with E-state index in [1.165, 1.54) is 0 Å². The first-order valence-electron chi connectivity index (χ1n) is 7.62. The molecule has 22 heavy (non-hydrogen) atoms. The molecule has 0 amide bonds. The minimum absolute atomic E-state index is 0.00472. The Balaban J connectivity index is 1.81. The molecule has 0 heterocycles. The molecule has 0 saturated heterocycles. The molecule has 5 heteroatoms. The summed E-state index contributed by atoms with van der Waals surface area (Å²) in [6.45, 7) is 6.45. The number of benzene rings is 1. The van der Waals surface area contributed by atoms with Crippen molar-refractivity contribution in [1.82, 2.24) is 0 Å². The van der Waals surface area contributed by atoms with Gasteiger partial charge in [-0.05, 0) is 36.3 Å². The van der Waals surface area contributed by atoms with Crippen LogP contribution in [0.4, 0.5) is 11.4 Å². The number of carbonyl (C=O) groups is 1. The van der Waals surface area contributed by atoms with Crippen molar-refractivity contribution in [2.75, 3.05) is 5.32 Å². The predicted octanol–water partition coefficient (Wildman–Crippen LogP) is 2.41. The van der Waals surface area contributed by atoms with Crippen LogP contribution < -0.4 is 10.5 Å². The number of rotatable bonds is 3. The fraction of sp³-hybridized carbons (Fsp3) is 0.471. The quantitative estimate of drug-likeness (QED) is 0.592. The molecular weight excluding hydrogens is 280 g/mol. The highest BCUT2D eigenvalue weighted by Crippen LogP contribution is 2.65. The fourth-order valence-corrected chi connectivity index (χ4v) is 3.96. The van der Waals surface area contributed by atoms with Gasteiger partial charge in [0.05, 0.1) is 0 Å². The average molecular weight is 302 g/mol. The maximum atomic E-state index is 12.7. The van der Waals surface area contributed by atoms with E-state index in [4.69, 9.17) is 5.21 Å². The summed E-state index contributed by atoms with van der Waals surface area (Å²) in [5.74, 6) is 0.555. The van der Waals surface area contributed by atoms with Crippen LogP contribution in [0.15, 0.2) is 36.0 Å². The first-order valence-corrected chi connectivity index (χ1v) is 7.62. The van der Waals surface area contributed by atoms with E-state index in [1.54, 1.807) is 24.3 Å². The van der Waals surface area contributed by atoms with E-state index in [-0.39, 0.29) is 22.3 Å². The van der Waals surface area contributed by atoms with Crippen LogP contribution in [0.5, 0.6) is 0 Å². The minimum Gasteiger partial charge on any atom is -0.595 e. The standard InChI is InChI=1S/C17H22N2O3/c1-16(2)14-8-9-17(16,3)15(20)13(14)10-18-11-4-6-12(7-5-11)19(21)22/h4-7,10,14,18-19,21H,8-9H2,1-3H3/t14-,17+/m0/s1. The van der Waals surface area contributed by atoms with Gasteiger partial charge in [-0.15, -0.1) is 0 Å². The maximum Gasteiger partial charge on any atom is 0.167 e. The van der Waals surface area contributed by atoms with E-state index in [2.05, 4.69) is 26.1 Å². The third kappa shape index (κ3) is 2.00. The largest absolute Gasteiger partial charge is 0.595 e. The van der Waals surface area contributed by atoms with Crippen LogP contribution in [-0.2, 0) is 4.79 Å². The first kappa shape index (κ1) is 15.2. The van der Waals surface area contributed by atoms with E-state index in [9.17, 15) is 10.0 Å². The SMILES string of the molecule is CC1(C)[C@H]2CC[C@]1(C)C(=O)C2=CNc1ccc([NH+]([O-])O)cc1. The highest BCUT2D eigenvalue weighted by Gasteiger charge is 2.63. The minimum atomic E-state index is -0.942. The van der Waals surface area contributed by atoms with Crippen LogP contribution in [0.3, 0.4) is 0 Å². The summed E-state index contributed by atoms with van der Waals surface area (Å²) in [5.41, 5.74) is 1.67. The Kier molecular flexibility index (Phi) is 3.40. The Labute approximate surface area is 130 Å². The van der Waals surface area contributed by atoms with Gasteiger partial charge in [0.1, 0.15) is 0 Å². The maximum absolute atomic E-state index is 12.7. The van der Waals surface area contributed by atoms with Gasteiger partial charge in [0.15, 0.2) is 11.5 Å². The Morgan fingerprint density at radius 2 is 1.95 bits per heavy atom. The third-order valence-corrected chi connectivity index (χ3v) is 5.89. The first-order chi connectivity index (χ1) is 10.3. The summed E-state index contributed by atoms with van der Waals surface area (Å²) in [5, 5.41) is 21.9. The number of fused-ring (bicyclic) bond motifs is 2. The lowest BCUT2D eigenvalue weighted by Crippen LogP contribution is -2.99. The number of Topliss-reactive ketones (excluding diaryl/α,β-unsaturated/α-hetero) is 1. The third-order valence-electron chi connectivity index (χ3n) is 5.89. The van der Waals surface area contributed by atoms with Gasteiger partial charge in [-0.25, -0.2) is 5.21 Å².